The van der Waals surface area contributed by atoms with Crippen molar-refractivity contribution < 1.29 is 17.1 Å². The van der Waals surface area contributed by atoms with Gasteiger partial charge in [0.1, 0.15) is 0 Å². The molecule has 6 rings (SSSR count). The fraction of sp³-hybridized carbons (Fsp3) is 0.366. The Kier molecular flexibility index (Phi) is 18.4. The van der Waals surface area contributed by atoms with Gasteiger partial charge in [-0.3, -0.25) is 0 Å². The molecule has 0 unspecified atom stereocenters. The number of hydrogen-bond acceptors (Lipinski definition) is 4. The molecule has 2 aliphatic carbocycles. The van der Waals surface area contributed by atoms with Gasteiger partial charge in [-0.25, -0.2) is 0 Å². The summed E-state index contributed by atoms with van der Waals surface area (Å²) >= 11 is 11.7. The molecule has 0 spiro atoms. The Morgan fingerprint density at radius 2 is 1.00 bits per heavy atom. The topological polar surface area (TPSA) is 0 Å². The van der Waals surface area contributed by atoms with E-state index in [0.717, 1.165) is 0 Å². The summed E-state index contributed by atoms with van der Waals surface area (Å²) in [5, 5.41) is 0. The molecule has 0 aliphatic heterocycles. The maximum atomic E-state index is 3.77. The number of rotatable bonds is 17. The number of halogens is 1. The zero-order chi connectivity index (χ0) is 32.0. The van der Waals surface area contributed by atoms with E-state index in [-0.39, 0.29) is 17.1 Å². The van der Waals surface area contributed by atoms with Crippen molar-refractivity contribution in [2.45, 2.75) is 97.3 Å². The molecule has 2 aliphatic rings. The number of aryl methyl sites for hydroxylation is 3. The maximum Gasteiger partial charge on any atom is 2.00 e. The Bertz CT molecular complexity index is 1410. The molecule has 4 aromatic heterocycles. The van der Waals surface area contributed by atoms with Crippen LogP contribution in [0.3, 0.4) is 0 Å². The van der Waals surface area contributed by atoms with E-state index in [1.807, 2.05) is 66.1 Å². The van der Waals surface area contributed by atoms with E-state index in [1.165, 1.54) is 128 Å². The standard InChI is InChI=1S/C36H42BrS4.C5H5.Fe/c1-3-5-7-9-17-27-24-29(19-13-16-26-14-11-12-15-26)38-35(27)32-22-20-30(39-32)31-21-23-33(40-31)36-28(25-34(37)41-36)18-10-8-6-4-2;1-2-4-5-3-1;/h11-12,14-15,20-25H,3-10,13,16-19H2,1-2H3;1-5H;/q;;+2. The first-order chi connectivity index (χ1) is 22.6. The fourth-order valence-corrected chi connectivity index (χ4v) is 11.2. The zero-order valence-electron chi connectivity index (χ0n) is 27.7. The Balaban J connectivity index is 0.000000762. The van der Waals surface area contributed by atoms with Gasteiger partial charge in [0.15, 0.2) is 0 Å². The Morgan fingerprint density at radius 3 is 1.55 bits per heavy atom. The molecule has 0 bridgehead atoms. The van der Waals surface area contributed by atoms with Gasteiger partial charge in [0.05, 0.1) is 3.79 Å². The molecule has 2 saturated carbocycles. The number of unbranched alkanes of at least 4 members (excludes halogenated alkanes) is 6. The molecule has 0 amide bonds. The number of hydrogen-bond donors (Lipinski definition) is 0. The van der Waals surface area contributed by atoms with Crippen molar-refractivity contribution in [1.29, 1.82) is 0 Å². The summed E-state index contributed by atoms with van der Waals surface area (Å²) in [6.45, 7) is 4.59. The SMILES string of the molecule is CCCCCCc1cc(Br)sc1-c1ccc(-c2ccc(-c3sc(CCC[C]4[CH][CH][CH][CH]4)cc3CCCCCC)s2)s1.[CH]1[CH][CH][CH][CH]1.[Fe+2]. The average molecular weight is 804 g/mol. The van der Waals surface area contributed by atoms with E-state index < -0.39 is 0 Å². The van der Waals surface area contributed by atoms with E-state index in [0.29, 0.717) is 0 Å². The van der Waals surface area contributed by atoms with Crippen LogP contribution in [0, 0.1) is 63.7 Å². The Hall–Kier alpha value is -0.201. The summed E-state index contributed by atoms with van der Waals surface area (Å²) in [6.07, 6.45) is 35.3. The van der Waals surface area contributed by atoms with Crippen LogP contribution in [0.5, 0.6) is 0 Å². The van der Waals surface area contributed by atoms with Gasteiger partial charge in [0, 0.05) is 34.1 Å². The molecule has 47 heavy (non-hydrogen) atoms. The van der Waals surface area contributed by atoms with Gasteiger partial charge < -0.3 is 0 Å². The molecule has 10 radical (unpaired) electrons. The van der Waals surface area contributed by atoms with Crippen LogP contribution < -0.4 is 0 Å². The monoisotopic (exact) mass is 802 g/mol. The molecule has 0 atom stereocenters. The molecular weight excluding hydrogens is 756 g/mol. The molecule has 4 aromatic rings. The molecule has 248 valence electrons. The van der Waals surface area contributed by atoms with Crippen molar-refractivity contribution in [3.63, 3.8) is 0 Å². The van der Waals surface area contributed by atoms with E-state index in [9.17, 15) is 0 Å². The van der Waals surface area contributed by atoms with E-state index >= 15 is 0 Å². The van der Waals surface area contributed by atoms with Gasteiger partial charge in [-0.05, 0) is 172 Å². The molecule has 0 nitrogen and oxygen atoms in total. The van der Waals surface area contributed by atoms with Crippen molar-refractivity contribution >= 4 is 61.3 Å². The summed E-state index contributed by atoms with van der Waals surface area (Å²) in [6, 6.07) is 14.3. The van der Waals surface area contributed by atoms with Crippen molar-refractivity contribution in [2.24, 2.45) is 0 Å². The smallest absolute Gasteiger partial charge is 0.139 e. The van der Waals surface area contributed by atoms with Crippen LogP contribution in [0.1, 0.15) is 94.1 Å². The fourth-order valence-electron chi connectivity index (χ4n) is 5.83. The molecule has 0 N–H and O–H groups in total. The number of thiophene rings is 4. The van der Waals surface area contributed by atoms with Gasteiger partial charge >= 0.3 is 17.1 Å². The molecule has 2 fully saturated rings. The molecule has 4 heterocycles. The van der Waals surface area contributed by atoms with Crippen LogP contribution in [0.15, 0.2) is 40.2 Å². The van der Waals surface area contributed by atoms with Crippen LogP contribution in [-0.2, 0) is 36.3 Å². The van der Waals surface area contributed by atoms with Gasteiger partial charge in [-0.2, -0.15) is 0 Å². The van der Waals surface area contributed by atoms with Gasteiger partial charge in [-0.1, -0.05) is 52.4 Å². The Morgan fingerprint density at radius 1 is 0.489 bits per heavy atom. The van der Waals surface area contributed by atoms with Crippen LogP contribution in [0.4, 0.5) is 0 Å². The summed E-state index contributed by atoms with van der Waals surface area (Å²) in [5.74, 6) is 1.47. The molecular formula is C41H47BrFeS4+2. The average Bonchev–Trinajstić information content (AvgIpc) is 3.90. The van der Waals surface area contributed by atoms with Crippen molar-refractivity contribution in [3.05, 3.63) is 120 Å². The summed E-state index contributed by atoms with van der Waals surface area (Å²) in [5.41, 5.74) is 3.08. The minimum Gasteiger partial charge on any atom is -0.139 e. The van der Waals surface area contributed by atoms with Gasteiger partial charge in [0.2, 0.25) is 0 Å². The zero-order valence-corrected chi connectivity index (χ0v) is 33.7. The van der Waals surface area contributed by atoms with Gasteiger partial charge in [0.25, 0.3) is 0 Å². The third kappa shape index (κ3) is 12.5. The maximum absolute atomic E-state index is 3.77. The van der Waals surface area contributed by atoms with Crippen molar-refractivity contribution in [1.82, 2.24) is 0 Å². The van der Waals surface area contributed by atoms with E-state index in [4.69, 9.17) is 0 Å². The predicted molar refractivity (Wildman–Crippen MR) is 213 cm³/mol. The third-order valence-electron chi connectivity index (χ3n) is 8.32. The first-order valence-electron chi connectivity index (χ1n) is 17.1. The van der Waals surface area contributed by atoms with Crippen LogP contribution >= 0.6 is 61.3 Å². The molecule has 6 heteroatoms. The summed E-state index contributed by atoms with van der Waals surface area (Å²) < 4.78 is 1.25. The third-order valence-corrected chi connectivity index (χ3v) is 14.0. The van der Waals surface area contributed by atoms with Crippen LogP contribution in [0.2, 0.25) is 0 Å². The second-order valence-corrected chi connectivity index (χ2v) is 17.8. The predicted octanol–water partition coefficient (Wildman–Crippen LogP) is 14.7. The second kappa shape index (κ2) is 21.9. The van der Waals surface area contributed by atoms with Crippen LogP contribution in [-0.4, -0.2) is 0 Å². The quantitative estimate of drug-likeness (QED) is 0.0737. The minimum absolute atomic E-state index is 0. The first-order valence-corrected chi connectivity index (χ1v) is 21.2. The largest absolute Gasteiger partial charge is 2.00 e. The minimum atomic E-state index is 0. The first kappa shape index (κ1) is 39.6. The second-order valence-electron chi connectivity index (χ2n) is 12.0. The van der Waals surface area contributed by atoms with E-state index in [2.05, 4.69) is 103 Å². The normalized spacial score (nSPS) is 14.8. The summed E-state index contributed by atoms with van der Waals surface area (Å²) in [4.78, 5) is 10.2. The van der Waals surface area contributed by atoms with E-state index in [1.54, 1.807) is 10.4 Å². The Labute approximate surface area is 322 Å². The molecule has 0 saturated heterocycles. The summed E-state index contributed by atoms with van der Waals surface area (Å²) in [7, 11) is 0. The van der Waals surface area contributed by atoms with Crippen molar-refractivity contribution in [3.8, 4) is 29.3 Å². The van der Waals surface area contributed by atoms with Crippen LogP contribution in [0.25, 0.3) is 29.3 Å². The van der Waals surface area contributed by atoms with Gasteiger partial charge in [-0.15, -0.1) is 45.3 Å². The van der Waals surface area contributed by atoms with Crippen molar-refractivity contribution in [2.75, 3.05) is 0 Å². The molecule has 0 aromatic carbocycles.